The molecular weight excluding hydrogens is 292 g/mol. The van der Waals surface area contributed by atoms with Gasteiger partial charge in [0.05, 0.1) is 19.3 Å². The van der Waals surface area contributed by atoms with Crippen LogP contribution in [0, 0.1) is 0 Å². The number of hydrogen-bond acceptors (Lipinski definition) is 4. The molecule has 0 spiro atoms. The van der Waals surface area contributed by atoms with Crippen molar-refractivity contribution in [3.63, 3.8) is 0 Å². The average Bonchev–Trinajstić information content (AvgIpc) is 2.52. The van der Waals surface area contributed by atoms with Gasteiger partial charge in [0, 0.05) is 6.20 Å². The molecule has 1 aromatic rings. The van der Waals surface area contributed by atoms with Crippen LogP contribution >= 0.6 is 12.4 Å². The molecule has 1 aliphatic rings. The SMILES string of the molecule is COc1ccccc1C(=O)NCN1C=CC=CC1=C=O.Cl. The van der Waals surface area contributed by atoms with E-state index in [1.54, 1.807) is 53.6 Å². The van der Waals surface area contributed by atoms with Crippen molar-refractivity contribution < 1.29 is 14.3 Å². The van der Waals surface area contributed by atoms with Crippen molar-refractivity contribution in [1.29, 1.82) is 0 Å². The van der Waals surface area contributed by atoms with Gasteiger partial charge in [-0.1, -0.05) is 18.2 Å². The number of halogens is 1. The summed E-state index contributed by atoms with van der Waals surface area (Å²) in [5.74, 6) is 2.06. The molecule has 0 unspecified atom stereocenters. The van der Waals surface area contributed by atoms with E-state index in [4.69, 9.17) is 4.74 Å². The second-order valence-corrected chi connectivity index (χ2v) is 4.02. The van der Waals surface area contributed by atoms with E-state index in [-0.39, 0.29) is 25.0 Å². The van der Waals surface area contributed by atoms with Gasteiger partial charge in [0.15, 0.2) is 5.94 Å². The Morgan fingerprint density at radius 2 is 2.10 bits per heavy atom. The van der Waals surface area contributed by atoms with E-state index < -0.39 is 0 Å². The van der Waals surface area contributed by atoms with Crippen LogP contribution in [0.1, 0.15) is 10.4 Å². The van der Waals surface area contributed by atoms with Crippen LogP contribution in [-0.4, -0.2) is 30.5 Å². The third kappa shape index (κ3) is 3.99. The summed E-state index contributed by atoms with van der Waals surface area (Å²) in [6.45, 7) is 0.183. The summed E-state index contributed by atoms with van der Waals surface area (Å²) in [6, 6.07) is 6.95. The molecule has 21 heavy (non-hydrogen) atoms. The van der Waals surface area contributed by atoms with Crippen molar-refractivity contribution in [2.75, 3.05) is 13.8 Å². The van der Waals surface area contributed by atoms with Crippen molar-refractivity contribution in [2.45, 2.75) is 0 Å². The summed E-state index contributed by atoms with van der Waals surface area (Å²) >= 11 is 0. The third-order valence-electron chi connectivity index (χ3n) is 2.81. The van der Waals surface area contributed by atoms with Crippen molar-refractivity contribution >= 4 is 24.3 Å². The van der Waals surface area contributed by atoms with Crippen LogP contribution < -0.4 is 10.1 Å². The van der Waals surface area contributed by atoms with Crippen molar-refractivity contribution in [1.82, 2.24) is 10.2 Å². The molecule has 1 aliphatic heterocycles. The van der Waals surface area contributed by atoms with Gasteiger partial charge < -0.3 is 15.0 Å². The Bertz CT molecular complexity index is 619. The first-order valence-electron chi connectivity index (χ1n) is 6.04. The van der Waals surface area contributed by atoms with Gasteiger partial charge in [0.25, 0.3) is 5.91 Å². The maximum Gasteiger partial charge on any atom is 0.256 e. The second-order valence-electron chi connectivity index (χ2n) is 4.02. The topological polar surface area (TPSA) is 58.6 Å². The fraction of sp³-hybridized carbons (Fsp3) is 0.133. The van der Waals surface area contributed by atoms with Gasteiger partial charge >= 0.3 is 0 Å². The zero-order valence-electron chi connectivity index (χ0n) is 11.4. The van der Waals surface area contributed by atoms with Gasteiger partial charge in [-0.15, -0.1) is 12.4 Å². The predicted octanol–water partition coefficient (Wildman–Crippen LogP) is 1.91. The van der Waals surface area contributed by atoms with Crippen molar-refractivity contribution in [2.24, 2.45) is 0 Å². The highest BCUT2D eigenvalue weighted by Crippen LogP contribution is 2.17. The number of nitrogens with zero attached hydrogens (tertiary/aromatic N) is 1. The molecule has 0 fully saturated rings. The molecule has 0 saturated heterocycles. The minimum absolute atomic E-state index is 0. The first-order chi connectivity index (χ1) is 9.76. The lowest BCUT2D eigenvalue weighted by Crippen LogP contribution is -2.34. The number of nitrogens with one attached hydrogen (secondary N) is 1. The van der Waals surface area contributed by atoms with Gasteiger partial charge in [-0.2, -0.15) is 0 Å². The highest BCUT2D eigenvalue weighted by molar-refractivity contribution is 5.96. The lowest BCUT2D eigenvalue weighted by molar-refractivity contribution is 0.0937. The molecule has 110 valence electrons. The third-order valence-corrected chi connectivity index (χ3v) is 2.81. The Morgan fingerprint density at radius 3 is 2.81 bits per heavy atom. The Morgan fingerprint density at radius 1 is 1.33 bits per heavy atom. The Labute approximate surface area is 129 Å². The largest absolute Gasteiger partial charge is 0.496 e. The molecule has 0 atom stereocenters. The number of methoxy groups -OCH3 is 1. The number of rotatable bonds is 4. The fourth-order valence-electron chi connectivity index (χ4n) is 1.79. The summed E-state index contributed by atoms with van der Waals surface area (Å²) in [7, 11) is 1.51. The lowest BCUT2D eigenvalue weighted by Gasteiger charge is -2.21. The van der Waals surface area contributed by atoms with Crippen LogP contribution in [0.15, 0.2) is 54.4 Å². The van der Waals surface area contributed by atoms with Crippen LogP contribution in [-0.2, 0) is 4.79 Å². The second kappa shape index (κ2) is 7.94. The van der Waals surface area contributed by atoms with Gasteiger partial charge in [-0.05, 0) is 24.3 Å². The van der Waals surface area contributed by atoms with E-state index in [0.29, 0.717) is 17.0 Å². The van der Waals surface area contributed by atoms with Crippen molar-refractivity contribution in [3.05, 3.63) is 60.0 Å². The van der Waals surface area contributed by atoms with Gasteiger partial charge in [0.2, 0.25) is 0 Å². The molecule has 6 heteroatoms. The number of hydrogen-bond donors (Lipinski definition) is 1. The number of amides is 1. The maximum atomic E-state index is 12.1. The maximum absolute atomic E-state index is 12.1. The van der Waals surface area contributed by atoms with Crippen LogP contribution in [0.4, 0.5) is 0 Å². The fourth-order valence-corrected chi connectivity index (χ4v) is 1.79. The van der Waals surface area contributed by atoms with Crippen LogP contribution in [0.3, 0.4) is 0 Å². The molecule has 5 nitrogen and oxygen atoms in total. The van der Waals surface area contributed by atoms with E-state index >= 15 is 0 Å². The first kappa shape index (κ1) is 16.6. The minimum Gasteiger partial charge on any atom is -0.496 e. The zero-order chi connectivity index (χ0) is 14.4. The normalized spacial score (nSPS) is 12.4. The molecule has 0 aromatic heterocycles. The van der Waals surface area contributed by atoms with Gasteiger partial charge in [0.1, 0.15) is 11.4 Å². The highest BCUT2D eigenvalue weighted by Gasteiger charge is 2.13. The standard InChI is InChI=1S/C15H14N2O3.ClH/c1-20-14-8-3-2-7-13(14)15(19)16-11-17-9-5-4-6-12(17)10-18;/h2-9H,11H2,1H3,(H,16,19);1H. The Kier molecular flexibility index (Phi) is 6.27. The van der Waals surface area contributed by atoms with Crippen molar-refractivity contribution in [3.8, 4) is 5.75 Å². The predicted molar refractivity (Wildman–Crippen MR) is 81.9 cm³/mol. The molecule has 2 rings (SSSR count). The molecule has 0 saturated carbocycles. The molecule has 0 radical (unpaired) electrons. The van der Waals surface area contributed by atoms with Crippen LogP contribution in [0.2, 0.25) is 0 Å². The highest BCUT2D eigenvalue weighted by atomic mass is 35.5. The summed E-state index contributed by atoms with van der Waals surface area (Å²) in [6.07, 6.45) is 6.83. The molecule has 1 heterocycles. The number of benzene rings is 1. The molecule has 1 aromatic carbocycles. The lowest BCUT2D eigenvalue weighted by atomic mass is 10.2. The summed E-state index contributed by atoms with van der Waals surface area (Å²) in [4.78, 5) is 24.5. The van der Waals surface area contributed by atoms with E-state index in [1.165, 1.54) is 7.11 Å². The zero-order valence-corrected chi connectivity index (χ0v) is 12.2. The first-order valence-corrected chi connectivity index (χ1v) is 6.04. The van der Waals surface area contributed by atoms with E-state index in [9.17, 15) is 9.59 Å². The summed E-state index contributed by atoms with van der Waals surface area (Å²) in [5, 5.41) is 2.73. The Balaban J connectivity index is 0.00000220. The van der Waals surface area contributed by atoms with Crippen LogP contribution in [0.5, 0.6) is 5.75 Å². The number of allylic oxidation sites excluding steroid dienone is 3. The summed E-state index contributed by atoms with van der Waals surface area (Å²) < 4.78 is 5.13. The molecule has 1 amide bonds. The molecule has 0 aliphatic carbocycles. The van der Waals surface area contributed by atoms with Gasteiger partial charge in [-0.25, -0.2) is 4.79 Å². The van der Waals surface area contributed by atoms with Crippen LogP contribution in [0.25, 0.3) is 0 Å². The molecule has 1 N–H and O–H groups in total. The van der Waals surface area contributed by atoms with Gasteiger partial charge in [-0.3, -0.25) is 4.79 Å². The number of para-hydroxylation sites is 1. The van der Waals surface area contributed by atoms with E-state index in [2.05, 4.69) is 5.32 Å². The van der Waals surface area contributed by atoms with E-state index in [0.717, 1.165) is 0 Å². The smallest absolute Gasteiger partial charge is 0.256 e. The number of carbonyl (C=O) groups is 1. The van der Waals surface area contributed by atoms with E-state index in [1.807, 2.05) is 5.94 Å². The average molecular weight is 307 g/mol. The quantitative estimate of drug-likeness (QED) is 0.863. The monoisotopic (exact) mass is 306 g/mol. The Hall–Kier alpha value is -2.49. The number of ether oxygens (including phenoxy) is 1. The number of carbonyl (C=O) groups excluding carboxylic acids is 2. The molecular formula is C15H15ClN2O3. The minimum atomic E-state index is -0.268. The summed E-state index contributed by atoms with van der Waals surface area (Å²) in [5.41, 5.74) is 0.816. The molecule has 0 bridgehead atoms.